The van der Waals surface area contributed by atoms with Crippen molar-refractivity contribution in [2.24, 2.45) is 0 Å². The molecule has 0 fully saturated rings. The van der Waals surface area contributed by atoms with Crippen molar-refractivity contribution in [2.45, 2.75) is 31.7 Å². The fraction of sp³-hybridized carbons (Fsp3) is 0.154. The van der Waals surface area contributed by atoms with E-state index < -0.39 is 0 Å². The highest BCUT2D eigenvalue weighted by Crippen LogP contribution is 2.27. The summed E-state index contributed by atoms with van der Waals surface area (Å²) in [6.07, 6.45) is 4.05. The van der Waals surface area contributed by atoms with Gasteiger partial charge in [-0.1, -0.05) is 42.1 Å². The number of hydrogen-bond donors (Lipinski definition) is 0. The second-order valence-electron chi connectivity index (χ2n) is 8.44. The third-order valence-electron chi connectivity index (χ3n) is 6.29. The number of rotatable bonds is 4. The van der Waals surface area contributed by atoms with E-state index in [-0.39, 0.29) is 5.56 Å². The summed E-state index contributed by atoms with van der Waals surface area (Å²) in [5.41, 5.74) is 6.72. The van der Waals surface area contributed by atoms with Gasteiger partial charge in [-0.2, -0.15) is 0 Å². The second-order valence-corrected chi connectivity index (χ2v) is 9.38. The van der Waals surface area contributed by atoms with E-state index in [0.29, 0.717) is 16.9 Å². The lowest BCUT2D eigenvalue weighted by Gasteiger charge is -2.14. The zero-order valence-corrected chi connectivity index (χ0v) is 19.9. The average Bonchev–Trinajstić information content (AvgIpc) is 3.45. The van der Waals surface area contributed by atoms with Crippen LogP contribution in [0.5, 0.6) is 0 Å². The van der Waals surface area contributed by atoms with Gasteiger partial charge in [-0.05, 0) is 61.7 Å². The molecule has 168 valence electrons. The molecule has 0 N–H and O–H groups in total. The van der Waals surface area contributed by atoms with Gasteiger partial charge in [-0.3, -0.25) is 9.20 Å². The molecule has 4 heterocycles. The van der Waals surface area contributed by atoms with Gasteiger partial charge in [0, 0.05) is 18.1 Å². The Labute approximate surface area is 199 Å². The van der Waals surface area contributed by atoms with Gasteiger partial charge in [0.2, 0.25) is 5.78 Å². The summed E-state index contributed by atoms with van der Waals surface area (Å²) in [5.74, 6) is 1.14. The van der Waals surface area contributed by atoms with Crippen LogP contribution in [0.2, 0.25) is 0 Å². The smallest absolute Gasteiger partial charge is 0.267 e. The number of nitrogens with zero attached hydrogens (tertiary/aromatic N) is 6. The molecule has 0 aliphatic heterocycles. The van der Waals surface area contributed by atoms with E-state index in [9.17, 15) is 4.79 Å². The maximum Gasteiger partial charge on any atom is 0.267 e. The Hall–Kier alpha value is -3.91. The SMILES string of the molecule is Cc1cccc(-n2c(=O)c3ccccc3n3c(SCc4cn5cccc(C)c5n4)nnc23)c1C. The average molecular weight is 467 g/mol. The van der Waals surface area contributed by atoms with Crippen LogP contribution in [0.4, 0.5) is 0 Å². The van der Waals surface area contributed by atoms with Crippen molar-refractivity contribution in [3.05, 3.63) is 99.7 Å². The quantitative estimate of drug-likeness (QED) is 0.346. The van der Waals surface area contributed by atoms with Crippen molar-refractivity contribution in [3.63, 3.8) is 0 Å². The Bertz CT molecular complexity index is 1780. The van der Waals surface area contributed by atoms with Gasteiger partial charge >= 0.3 is 0 Å². The largest absolute Gasteiger partial charge is 0.307 e. The van der Waals surface area contributed by atoms with Gasteiger partial charge in [0.15, 0.2) is 5.16 Å². The number of pyridine rings is 1. The number of imidazole rings is 1. The molecule has 8 heteroatoms. The molecular weight excluding hydrogens is 444 g/mol. The van der Waals surface area contributed by atoms with Crippen LogP contribution in [0.3, 0.4) is 0 Å². The van der Waals surface area contributed by atoms with E-state index in [1.165, 1.54) is 0 Å². The van der Waals surface area contributed by atoms with Crippen LogP contribution in [0.25, 0.3) is 28.0 Å². The zero-order chi connectivity index (χ0) is 23.4. The monoisotopic (exact) mass is 466 g/mol. The predicted octanol–water partition coefficient (Wildman–Crippen LogP) is 4.90. The van der Waals surface area contributed by atoms with Crippen molar-refractivity contribution in [3.8, 4) is 5.69 Å². The predicted molar refractivity (Wildman–Crippen MR) is 135 cm³/mol. The Balaban J connectivity index is 1.52. The van der Waals surface area contributed by atoms with Crippen molar-refractivity contribution < 1.29 is 0 Å². The molecule has 7 nitrogen and oxygen atoms in total. The number of fused-ring (bicyclic) bond motifs is 4. The van der Waals surface area contributed by atoms with Crippen LogP contribution in [0.15, 0.2) is 76.9 Å². The Morgan fingerprint density at radius 2 is 1.74 bits per heavy atom. The zero-order valence-electron chi connectivity index (χ0n) is 19.1. The number of thioether (sulfide) groups is 1. The molecule has 0 amide bonds. The van der Waals surface area contributed by atoms with Crippen molar-refractivity contribution in [2.75, 3.05) is 0 Å². The molecular formula is C26H22N6OS. The van der Waals surface area contributed by atoms with Crippen molar-refractivity contribution in [1.82, 2.24) is 28.5 Å². The van der Waals surface area contributed by atoms with Gasteiger partial charge < -0.3 is 4.40 Å². The minimum absolute atomic E-state index is 0.100. The summed E-state index contributed by atoms with van der Waals surface area (Å²) in [6, 6.07) is 17.7. The van der Waals surface area contributed by atoms with Gasteiger partial charge in [-0.15, -0.1) is 10.2 Å². The van der Waals surface area contributed by atoms with E-state index >= 15 is 0 Å². The maximum absolute atomic E-state index is 13.6. The van der Waals surface area contributed by atoms with Crippen molar-refractivity contribution in [1.29, 1.82) is 0 Å². The maximum atomic E-state index is 13.6. The molecule has 0 aliphatic rings. The lowest BCUT2D eigenvalue weighted by Crippen LogP contribution is -2.22. The van der Waals surface area contributed by atoms with Gasteiger partial charge in [0.1, 0.15) is 5.65 Å². The lowest BCUT2D eigenvalue weighted by molar-refractivity contribution is 0.927. The number of benzene rings is 2. The Kier molecular flexibility index (Phi) is 4.77. The summed E-state index contributed by atoms with van der Waals surface area (Å²) >= 11 is 1.56. The minimum atomic E-state index is -0.100. The molecule has 0 aliphatic carbocycles. The van der Waals surface area contributed by atoms with E-state index in [1.807, 2.05) is 83.6 Å². The highest BCUT2D eigenvalue weighted by Gasteiger charge is 2.19. The molecule has 0 unspecified atom stereocenters. The molecule has 0 saturated heterocycles. The number of aryl methyl sites for hydroxylation is 2. The minimum Gasteiger partial charge on any atom is -0.307 e. The topological polar surface area (TPSA) is 69.5 Å². The van der Waals surface area contributed by atoms with E-state index in [1.54, 1.807) is 16.3 Å². The normalized spacial score (nSPS) is 11.7. The third-order valence-corrected chi connectivity index (χ3v) is 7.25. The molecule has 6 aromatic rings. The fourth-order valence-corrected chi connectivity index (χ4v) is 5.20. The number of aromatic nitrogens is 6. The van der Waals surface area contributed by atoms with Crippen LogP contribution >= 0.6 is 11.8 Å². The van der Waals surface area contributed by atoms with Gasteiger partial charge in [0.25, 0.3) is 5.56 Å². The van der Waals surface area contributed by atoms with Crippen LogP contribution in [-0.4, -0.2) is 28.5 Å². The summed E-state index contributed by atoms with van der Waals surface area (Å²) in [4.78, 5) is 18.4. The van der Waals surface area contributed by atoms with E-state index in [0.717, 1.165) is 44.4 Å². The second kappa shape index (κ2) is 7.85. The standard InChI is InChI=1S/C26H22N6OS/c1-16-8-6-12-21(18(16)3)31-24(33)20-10-4-5-11-22(20)32-25(31)28-29-26(32)34-15-19-14-30-13-7-9-17(2)23(30)27-19/h4-14H,15H2,1-3H3. The van der Waals surface area contributed by atoms with Gasteiger partial charge in [0.05, 0.1) is 22.3 Å². The molecule has 6 rings (SSSR count). The van der Waals surface area contributed by atoms with E-state index in [2.05, 4.69) is 23.2 Å². The lowest BCUT2D eigenvalue weighted by atomic mass is 10.1. The van der Waals surface area contributed by atoms with Crippen LogP contribution in [0.1, 0.15) is 22.4 Å². The summed E-state index contributed by atoms with van der Waals surface area (Å²) in [6.45, 7) is 6.13. The molecule has 0 spiro atoms. The molecule has 0 bridgehead atoms. The number of hydrogen-bond acceptors (Lipinski definition) is 5. The molecule has 34 heavy (non-hydrogen) atoms. The third kappa shape index (κ3) is 3.13. The first-order valence-electron chi connectivity index (χ1n) is 11.0. The summed E-state index contributed by atoms with van der Waals surface area (Å²) in [7, 11) is 0. The number of para-hydroxylation sites is 1. The first-order valence-corrected chi connectivity index (χ1v) is 12.0. The van der Waals surface area contributed by atoms with Crippen molar-refractivity contribution >= 4 is 34.1 Å². The Morgan fingerprint density at radius 1 is 0.912 bits per heavy atom. The molecule has 2 aromatic carbocycles. The summed E-state index contributed by atoms with van der Waals surface area (Å²) in [5, 5.41) is 10.3. The van der Waals surface area contributed by atoms with Gasteiger partial charge in [-0.25, -0.2) is 9.55 Å². The highest BCUT2D eigenvalue weighted by molar-refractivity contribution is 7.98. The summed E-state index contributed by atoms with van der Waals surface area (Å²) < 4.78 is 5.70. The highest BCUT2D eigenvalue weighted by atomic mass is 32.2. The van der Waals surface area contributed by atoms with E-state index in [4.69, 9.17) is 4.98 Å². The molecule has 0 atom stereocenters. The van der Waals surface area contributed by atoms with Crippen LogP contribution < -0.4 is 5.56 Å². The van der Waals surface area contributed by atoms with Crippen LogP contribution in [0, 0.1) is 20.8 Å². The molecule has 0 saturated carbocycles. The molecule has 4 aromatic heterocycles. The first-order chi connectivity index (χ1) is 16.5. The molecule has 0 radical (unpaired) electrons. The van der Waals surface area contributed by atoms with Crippen LogP contribution in [-0.2, 0) is 5.75 Å². The first kappa shape index (κ1) is 20.7. The fourth-order valence-electron chi connectivity index (χ4n) is 4.38. The Morgan fingerprint density at radius 3 is 2.59 bits per heavy atom.